The van der Waals surface area contributed by atoms with Crippen LogP contribution in [0.3, 0.4) is 0 Å². The summed E-state index contributed by atoms with van der Waals surface area (Å²) in [5.41, 5.74) is 1.23. The van der Waals surface area contributed by atoms with Crippen molar-refractivity contribution >= 4 is 11.8 Å². The Morgan fingerprint density at radius 3 is 2.32 bits per heavy atom. The number of nitrogens with zero attached hydrogens (tertiary/aromatic N) is 2. The molecule has 0 unspecified atom stereocenters. The van der Waals surface area contributed by atoms with Gasteiger partial charge >= 0.3 is 0 Å². The molecule has 1 aliphatic heterocycles. The van der Waals surface area contributed by atoms with Gasteiger partial charge in [-0.25, -0.2) is 4.98 Å². The minimum atomic E-state index is -0.238. The molecular formula is C17H28N4O4. The number of carbonyl (C=O) groups excluding carboxylic acids is 2. The number of fused-ring (bicyclic) bond motifs is 1. The van der Waals surface area contributed by atoms with E-state index in [0.717, 1.165) is 44.3 Å². The molecule has 2 N–H and O–H groups in total. The first kappa shape index (κ1) is 19.4. The molecule has 2 heterocycles. The van der Waals surface area contributed by atoms with Gasteiger partial charge < -0.3 is 24.7 Å². The maximum absolute atomic E-state index is 12.4. The molecule has 1 aliphatic rings. The minimum absolute atomic E-state index is 0.222. The summed E-state index contributed by atoms with van der Waals surface area (Å²) in [5.74, 6) is -0.132. The van der Waals surface area contributed by atoms with E-state index in [0.29, 0.717) is 37.8 Å². The van der Waals surface area contributed by atoms with Gasteiger partial charge in [0.2, 0.25) is 0 Å². The highest BCUT2D eigenvalue weighted by Crippen LogP contribution is 2.21. The zero-order valence-electron chi connectivity index (χ0n) is 15.1. The molecule has 2 amide bonds. The van der Waals surface area contributed by atoms with Crippen LogP contribution in [0.15, 0.2) is 0 Å². The third-order valence-corrected chi connectivity index (χ3v) is 4.16. The number of hydrogen-bond donors (Lipinski definition) is 2. The zero-order chi connectivity index (χ0) is 18.1. The van der Waals surface area contributed by atoms with Gasteiger partial charge in [0.25, 0.3) is 11.8 Å². The molecule has 0 saturated carbocycles. The van der Waals surface area contributed by atoms with Gasteiger partial charge in [0.05, 0.1) is 5.69 Å². The summed E-state index contributed by atoms with van der Waals surface area (Å²) < 4.78 is 11.8. The van der Waals surface area contributed by atoms with E-state index in [1.54, 1.807) is 14.2 Å². The van der Waals surface area contributed by atoms with Gasteiger partial charge in [0.1, 0.15) is 5.69 Å². The van der Waals surface area contributed by atoms with Crippen LogP contribution in [-0.2, 0) is 22.4 Å². The molecule has 0 bridgehead atoms. The third kappa shape index (κ3) is 5.27. The highest BCUT2D eigenvalue weighted by Gasteiger charge is 2.27. The van der Waals surface area contributed by atoms with Gasteiger partial charge in [0, 0.05) is 47.1 Å². The molecule has 1 aromatic rings. The fourth-order valence-corrected chi connectivity index (χ4v) is 2.90. The Hall–Kier alpha value is -1.93. The van der Waals surface area contributed by atoms with Crippen LogP contribution in [0.4, 0.5) is 0 Å². The van der Waals surface area contributed by atoms with E-state index in [2.05, 4.69) is 15.6 Å². The van der Waals surface area contributed by atoms with Crippen LogP contribution in [0, 0.1) is 0 Å². The maximum atomic E-state index is 12.4. The standard InChI is InChI=1S/C17H28N4O4/c1-24-11-5-8-18-16(22)14-13-7-3-4-10-21(13)15(20-14)17(23)19-9-6-12-25-2/h3-12H2,1-2H3,(H,18,22)(H,19,23). The van der Waals surface area contributed by atoms with Gasteiger partial charge in [-0.1, -0.05) is 0 Å². The van der Waals surface area contributed by atoms with Gasteiger partial charge in [-0.05, 0) is 32.1 Å². The van der Waals surface area contributed by atoms with Crippen LogP contribution >= 0.6 is 0 Å². The van der Waals surface area contributed by atoms with Crippen LogP contribution in [-0.4, -0.2) is 61.9 Å². The molecule has 0 saturated heterocycles. The largest absolute Gasteiger partial charge is 0.385 e. The third-order valence-electron chi connectivity index (χ3n) is 4.16. The lowest BCUT2D eigenvalue weighted by Crippen LogP contribution is -2.29. The first-order valence-electron chi connectivity index (χ1n) is 8.82. The number of aromatic nitrogens is 2. The summed E-state index contributed by atoms with van der Waals surface area (Å²) in [6.45, 7) is 2.96. The van der Waals surface area contributed by atoms with Crippen molar-refractivity contribution in [1.29, 1.82) is 0 Å². The highest BCUT2D eigenvalue weighted by molar-refractivity contribution is 5.97. The summed E-state index contributed by atoms with van der Waals surface area (Å²) in [6, 6.07) is 0. The lowest BCUT2D eigenvalue weighted by atomic mass is 10.1. The van der Waals surface area contributed by atoms with Crippen LogP contribution < -0.4 is 10.6 Å². The second-order valence-corrected chi connectivity index (χ2v) is 6.04. The number of nitrogens with one attached hydrogen (secondary N) is 2. The first-order chi connectivity index (χ1) is 12.2. The Balaban J connectivity index is 2.06. The average molecular weight is 352 g/mol. The summed E-state index contributed by atoms with van der Waals surface area (Å²) >= 11 is 0. The van der Waals surface area contributed by atoms with Gasteiger partial charge in [0.15, 0.2) is 5.82 Å². The molecule has 2 rings (SSSR count). The molecule has 0 fully saturated rings. The van der Waals surface area contributed by atoms with Crippen molar-refractivity contribution < 1.29 is 19.1 Å². The van der Waals surface area contributed by atoms with Gasteiger partial charge in [-0.15, -0.1) is 0 Å². The lowest BCUT2D eigenvalue weighted by molar-refractivity contribution is 0.0932. The van der Waals surface area contributed by atoms with Crippen LogP contribution in [0.1, 0.15) is 52.5 Å². The topological polar surface area (TPSA) is 94.5 Å². The highest BCUT2D eigenvalue weighted by atomic mass is 16.5. The van der Waals surface area contributed by atoms with Crippen molar-refractivity contribution in [3.8, 4) is 0 Å². The quantitative estimate of drug-likeness (QED) is 0.606. The van der Waals surface area contributed by atoms with Crippen molar-refractivity contribution in [2.24, 2.45) is 0 Å². The molecule has 8 heteroatoms. The van der Waals surface area contributed by atoms with Crippen molar-refractivity contribution in [1.82, 2.24) is 20.2 Å². The lowest BCUT2D eigenvalue weighted by Gasteiger charge is -2.17. The number of amides is 2. The molecule has 25 heavy (non-hydrogen) atoms. The van der Waals surface area contributed by atoms with Crippen molar-refractivity contribution in [3.63, 3.8) is 0 Å². The molecule has 0 aliphatic carbocycles. The first-order valence-corrected chi connectivity index (χ1v) is 8.82. The van der Waals surface area contributed by atoms with Gasteiger partial charge in [-0.2, -0.15) is 0 Å². The molecule has 0 aromatic carbocycles. The number of methoxy groups -OCH3 is 2. The normalized spacial score (nSPS) is 13.4. The zero-order valence-corrected chi connectivity index (χ0v) is 15.1. The summed E-state index contributed by atoms with van der Waals surface area (Å²) in [5, 5.41) is 5.70. The van der Waals surface area contributed by atoms with E-state index in [1.807, 2.05) is 4.57 Å². The fourth-order valence-electron chi connectivity index (χ4n) is 2.90. The molecule has 1 aromatic heterocycles. The van der Waals surface area contributed by atoms with Crippen LogP contribution in [0.5, 0.6) is 0 Å². The van der Waals surface area contributed by atoms with Crippen molar-refractivity contribution in [2.75, 3.05) is 40.5 Å². The van der Waals surface area contributed by atoms with Crippen molar-refractivity contribution in [3.05, 3.63) is 17.2 Å². The number of hydrogen-bond acceptors (Lipinski definition) is 5. The Morgan fingerprint density at radius 2 is 1.68 bits per heavy atom. The predicted molar refractivity (Wildman–Crippen MR) is 92.8 cm³/mol. The van der Waals surface area contributed by atoms with E-state index in [9.17, 15) is 9.59 Å². The Kier molecular flexibility index (Phi) is 7.87. The Labute approximate surface area is 148 Å². The molecule has 0 atom stereocenters. The second-order valence-electron chi connectivity index (χ2n) is 6.04. The molecule has 8 nitrogen and oxygen atoms in total. The number of carbonyl (C=O) groups is 2. The molecule has 140 valence electrons. The molecular weight excluding hydrogens is 324 g/mol. The maximum Gasteiger partial charge on any atom is 0.287 e. The van der Waals surface area contributed by atoms with E-state index in [4.69, 9.17) is 9.47 Å². The Morgan fingerprint density at radius 1 is 1.04 bits per heavy atom. The average Bonchev–Trinajstić information content (AvgIpc) is 3.02. The predicted octanol–water partition coefficient (Wildman–Crippen LogP) is 0.752. The Bertz CT molecular complexity index is 537. The summed E-state index contributed by atoms with van der Waals surface area (Å²) in [7, 11) is 3.26. The van der Waals surface area contributed by atoms with E-state index >= 15 is 0 Å². The summed E-state index contributed by atoms with van der Waals surface area (Å²) in [4.78, 5) is 29.2. The second kappa shape index (κ2) is 10.1. The smallest absolute Gasteiger partial charge is 0.287 e. The number of ether oxygens (including phenoxy) is 2. The van der Waals surface area contributed by atoms with E-state index in [1.165, 1.54) is 0 Å². The molecule has 0 spiro atoms. The van der Waals surface area contributed by atoms with Gasteiger partial charge in [-0.3, -0.25) is 9.59 Å². The van der Waals surface area contributed by atoms with Crippen molar-refractivity contribution in [2.45, 2.75) is 38.6 Å². The van der Waals surface area contributed by atoms with E-state index < -0.39 is 0 Å². The SMILES string of the molecule is COCCCNC(=O)c1nc(C(=O)NCCCOC)n2c1CCCC2. The fraction of sp³-hybridized carbons (Fsp3) is 0.706. The van der Waals surface area contributed by atoms with Crippen LogP contribution in [0.2, 0.25) is 0 Å². The number of imidazole rings is 1. The monoisotopic (exact) mass is 352 g/mol. The van der Waals surface area contributed by atoms with Crippen LogP contribution in [0.25, 0.3) is 0 Å². The minimum Gasteiger partial charge on any atom is -0.385 e. The van der Waals surface area contributed by atoms with E-state index in [-0.39, 0.29) is 11.8 Å². The number of rotatable bonds is 10. The molecule has 0 radical (unpaired) electrons. The summed E-state index contributed by atoms with van der Waals surface area (Å²) in [6.07, 6.45) is 4.24.